The zero-order valence-corrected chi connectivity index (χ0v) is 15.0. The van der Waals surface area contributed by atoms with Gasteiger partial charge in [-0.05, 0) is 55.0 Å². The van der Waals surface area contributed by atoms with Gasteiger partial charge in [0.15, 0.2) is 11.6 Å². The maximum absolute atomic E-state index is 13.7. The molecule has 2 aromatic rings. The largest absolute Gasteiger partial charge is 0.494 e. The highest BCUT2D eigenvalue weighted by atomic mass is 19.1. The van der Waals surface area contributed by atoms with Crippen LogP contribution in [0.15, 0.2) is 54.6 Å². The lowest BCUT2D eigenvalue weighted by Gasteiger charge is -2.23. The molecule has 3 rings (SSSR count). The highest BCUT2D eigenvalue weighted by molar-refractivity contribution is 5.92. The van der Waals surface area contributed by atoms with E-state index in [1.807, 2.05) is 23.1 Å². The number of rotatable bonds is 6. The van der Waals surface area contributed by atoms with Crippen LogP contribution in [0.1, 0.15) is 30.4 Å². The van der Waals surface area contributed by atoms with Crippen molar-refractivity contribution in [2.45, 2.75) is 31.7 Å². The Kier molecular flexibility index (Phi) is 6.05. The molecule has 136 valence electrons. The average Bonchev–Trinajstić information content (AvgIpc) is 3.14. The Labute approximate surface area is 154 Å². The number of benzene rings is 2. The SMILES string of the molecule is COc1ccc(C=CC(=O)N2CCCC2CCc2ccccc2)cc1F. The zero-order chi connectivity index (χ0) is 18.4. The van der Waals surface area contributed by atoms with Gasteiger partial charge in [-0.25, -0.2) is 4.39 Å². The molecule has 0 bridgehead atoms. The first-order valence-corrected chi connectivity index (χ1v) is 9.03. The minimum atomic E-state index is -0.427. The molecule has 0 aliphatic carbocycles. The molecule has 26 heavy (non-hydrogen) atoms. The first-order chi connectivity index (χ1) is 12.7. The lowest BCUT2D eigenvalue weighted by Crippen LogP contribution is -2.34. The van der Waals surface area contributed by atoms with Crippen molar-refractivity contribution in [3.63, 3.8) is 0 Å². The fraction of sp³-hybridized carbons (Fsp3) is 0.318. The van der Waals surface area contributed by atoms with Crippen LogP contribution < -0.4 is 4.74 Å². The fourth-order valence-corrected chi connectivity index (χ4v) is 3.45. The van der Waals surface area contributed by atoms with E-state index >= 15 is 0 Å². The molecule has 2 aromatic carbocycles. The Balaban J connectivity index is 1.60. The third-order valence-corrected chi connectivity index (χ3v) is 4.86. The molecule has 1 aliphatic heterocycles. The van der Waals surface area contributed by atoms with Crippen LogP contribution in [-0.2, 0) is 11.2 Å². The van der Waals surface area contributed by atoms with Crippen molar-refractivity contribution >= 4 is 12.0 Å². The van der Waals surface area contributed by atoms with Gasteiger partial charge < -0.3 is 9.64 Å². The minimum Gasteiger partial charge on any atom is -0.494 e. The first kappa shape index (κ1) is 18.2. The molecule has 4 heteroatoms. The molecule has 1 atom stereocenters. The number of ether oxygens (including phenoxy) is 1. The van der Waals surface area contributed by atoms with Crippen molar-refractivity contribution in [1.82, 2.24) is 4.90 Å². The number of aryl methyl sites for hydroxylation is 1. The van der Waals surface area contributed by atoms with E-state index in [2.05, 4.69) is 12.1 Å². The van der Waals surface area contributed by atoms with Gasteiger partial charge in [0.2, 0.25) is 5.91 Å². The summed E-state index contributed by atoms with van der Waals surface area (Å²) in [6.45, 7) is 0.791. The van der Waals surface area contributed by atoms with E-state index in [9.17, 15) is 9.18 Å². The van der Waals surface area contributed by atoms with E-state index in [4.69, 9.17) is 4.74 Å². The molecule has 1 unspecified atom stereocenters. The molecular formula is C22H24FNO2. The molecule has 1 aliphatic rings. The molecule has 0 radical (unpaired) electrons. The highest BCUT2D eigenvalue weighted by Crippen LogP contribution is 2.23. The number of amides is 1. The summed E-state index contributed by atoms with van der Waals surface area (Å²) in [5, 5.41) is 0. The van der Waals surface area contributed by atoms with E-state index in [1.54, 1.807) is 24.3 Å². The lowest BCUT2D eigenvalue weighted by molar-refractivity contribution is -0.126. The number of hydrogen-bond donors (Lipinski definition) is 0. The molecule has 1 fully saturated rings. The van der Waals surface area contributed by atoms with Crippen molar-refractivity contribution in [1.29, 1.82) is 0 Å². The summed E-state index contributed by atoms with van der Waals surface area (Å²) in [6, 6.07) is 15.3. The molecule has 1 amide bonds. The predicted molar refractivity (Wildman–Crippen MR) is 101 cm³/mol. The molecule has 0 saturated carbocycles. The van der Waals surface area contributed by atoms with Crippen LogP contribution in [0.25, 0.3) is 6.08 Å². The Morgan fingerprint density at radius 1 is 1.27 bits per heavy atom. The Morgan fingerprint density at radius 3 is 2.81 bits per heavy atom. The van der Waals surface area contributed by atoms with Crippen LogP contribution in [0.3, 0.4) is 0 Å². The Bertz CT molecular complexity index is 773. The van der Waals surface area contributed by atoms with E-state index in [0.29, 0.717) is 5.56 Å². The maximum atomic E-state index is 13.7. The van der Waals surface area contributed by atoms with Crippen molar-refractivity contribution < 1.29 is 13.9 Å². The van der Waals surface area contributed by atoms with E-state index in [-0.39, 0.29) is 17.7 Å². The van der Waals surface area contributed by atoms with Crippen LogP contribution in [-0.4, -0.2) is 30.5 Å². The summed E-state index contributed by atoms with van der Waals surface area (Å²) in [4.78, 5) is 14.5. The van der Waals surface area contributed by atoms with E-state index in [0.717, 1.165) is 32.2 Å². The normalized spacial score (nSPS) is 17.0. The third-order valence-electron chi connectivity index (χ3n) is 4.86. The van der Waals surface area contributed by atoms with Crippen molar-refractivity contribution in [2.24, 2.45) is 0 Å². The summed E-state index contributed by atoms with van der Waals surface area (Å²) in [5.74, 6) is -0.227. The number of nitrogens with zero attached hydrogens (tertiary/aromatic N) is 1. The van der Waals surface area contributed by atoms with Crippen LogP contribution in [0.5, 0.6) is 5.75 Å². The van der Waals surface area contributed by atoms with Gasteiger partial charge in [-0.2, -0.15) is 0 Å². The van der Waals surface area contributed by atoms with Gasteiger partial charge in [0.1, 0.15) is 0 Å². The van der Waals surface area contributed by atoms with Gasteiger partial charge in [0, 0.05) is 18.7 Å². The monoisotopic (exact) mass is 353 g/mol. The molecule has 3 nitrogen and oxygen atoms in total. The average molecular weight is 353 g/mol. The lowest BCUT2D eigenvalue weighted by atomic mass is 10.0. The number of methoxy groups -OCH3 is 1. The fourth-order valence-electron chi connectivity index (χ4n) is 3.45. The smallest absolute Gasteiger partial charge is 0.246 e. The number of hydrogen-bond acceptors (Lipinski definition) is 2. The third kappa shape index (κ3) is 4.51. The van der Waals surface area contributed by atoms with Crippen molar-refractivity contribution in [3.8, 4) is 5.75 Å². The zero-order valence-electron chi connectivity index (χ0n) is 15.0. The predicted octanol–water partition coefficient (Wildman–Crippen LogP) is 4.47. The summed E-state index contributed by atoms with van der Waals surface area (Å²) in [7, 11) is 1.43. The minimum absolute atomic E-state index is 0.00297. The second-order valence-electron chi connectivity index (χ2n) is 6.58. The van der Waals surface area contributed by atoms with Gasteiger partial charge in [0.25, 0.3) is 0 Å². The second kappa shape index (κ2) is 8.65. The Morgan fingerprint density at radius 2 is 2.08 bits per heavy atom. The molecule has 0 N–H and O–H groups in total. The van der Waals surface area contributed by atoms with Gasteiger partial charge in [-0.15, -0.1) is 0 Å². The quantitative estimate of drug-likeness (QED) is 0.717. The Hall–Kier alpha value is -2.62. The summed E-state index contributed by atoms with van der Waals surface area (Å²) in [5.41, 5.74) is 1.95. The number of halogens is 1. The molecule has 0 aromatic heterocycles. The van der Waals surface area contributed by atoms with E-state index < -0.39 is 5.82 Å². The van der Waals surface area contributed by atoms with Crippen LogP contribution in [0.4, 0.5) is 4.39 Å². The van der Waals surface area contributed by atoms with Gasteiger partial charge >= 0.3 is 0 Å². The number of likely N-dealkylation sites (tertiary alicyclic amines) is 1. The van der Waals surface area contributed by atoms with Crippen molar-refractivity contribution in [3.05, 3.63) is 71.6 Å². The molecular weight excluding hydrogens is 329 g/mol. The van der Waals surface area contributed by atoms with E-state index in [1.165, 1.54) is 18.7 Å². The van der Waals surface area contributed by atoms with Crippen molar-refractivity contribution in [2.75, 3.05) is 13.7 Å². The van der Waals surface area contributed by atoms with Gasteiger partial charge in [0.05, 0.1) is 7.11 Å². The summed E-state index contributed by atoms with van der Waals surface area (Å²) < 4.78 is 18.7. The number of carbonyl (C=O) groups excluding carboxylic acids is 1. The van der Waals surface area contributed by atoms with Crippen LogP contribution >= 0.6 is 0 Å². The molecule has 0 spiro atoms. The maximum Gasteiger partial charge on any atom is 0.246 e. The van der Waals surface area contributed by atoms with Gasteiger partial charge in [-0.3, -0.25) is 4.79 Å². The summed E-state index contributed by atoms with van der Waals surface area (Å²) in [6.07, 6.45) is 7.24. The highest BCUT2D eigenvalue weighted by Gasteiger charge is 2.26. The standard InChI is InChI=1S/C22H24FNO2/c1-26-21-13-10-18(16-20(21)23)11-14-22(25)24-15-5-8-19(24)12-9-17-6-3-2-4-7-17/h2-4,6-7,10-11,13-14,16,19H,5,8-9,12,15H2,1H3. The molecule has 1 heterocycles. The second-order valence-corrected chi connectivity index (χ2v) is 6.58. The van der Waals surface area contributed by atoms with Gasteiger partial charge in [-0.1, -0.05) is 36.4 Å². The summed E-state index contributed by atoms with van der Waals surface area (Å²) >= 11 is 0. The first-order valence-electron chi connectivity index (χ1n) is 9.03. The topological polar surface area (TPSA) is 29.5 Å². The van der Waals surface area contributed by atoms with Crippen LogP contribution in [0, 0.1) is 5.82 Å². The number of carbonyl (C=O) groups is 1. The van der Waals surface area contributed by atoms with Crippen LogP contribution in [0.2, 0.25) is 0 Å². The molecule has 1 saturated heterocycles.